The van der Waals surface area contributed by atoms with Gasteiger partial charge in [0, 0.05) is 21.5 Å². The lowest BCUT2D eigenvalue weighted by atomic mass is 10.2. The lowest BCUT2D eigenvalue weighted by Crippen LogP contribution is -2.13. The van der Waals surface area contributed by atoms with Crippen molar-refractivity contribution in [2.75, 3.05) is 11.9 Å². The second kappa shape index (κ2) is 8.63. The van der Waals surface area contributed by atoms with Crippen molar-refractivity contribution < 1.29 is 9.53 Å². The molecule has 6 nitrogen and oxygen atoms in total. The molecular formula is C21H18Cl2N4O2S. The van der Waals surface area contributed by atoms with Gasteiger partial charge in [0.2, 0.25) is 4.96 Å². The Morgan fingerprint density at radius 2 is 1.97 bits per heavy atom. The van der Waals surface area contributed by atoms with Gasteiger partial charge in [-0.1, -0.05) is 37.0 Å². The van der Waals surface area contributed by atoms with Gasteiger partial charge in [0.05, 0.1) is 17.3 Å². The SMILES string of the molecule is CC(C)COc1ccc(C(=O)Nc2nc3scc(-c4cc(Cl)ccc4Cl)n3n2)cc1. The molecule has 0 saturated heterocycles. The van der Waals surface area contributed by atoms with Crippen LogP contribution in [0.15, 0.2) is 47.8 Å². The van der Waals surface area contributed by atoms with Crippen molar-refractivity contribution in [3.05, 3.63) is 63.5 Å². The van der Waals surface area contributed by atoms with Crippen LogP contribution < -0.4 is 10.1 Å². The lowest BCUT2D eigenvalue weighted by molar-refractivity contribution is 0.102. The summed E-state index contributed by atoms with van der Waals surface area (Å²) in [6, 6.07) is 12.2. The van der Waals surface area contributed by atoms with Crippen molar-refractivity contribution in [1.82, 2.24) is 14.6 Å². The molecular weight excluding hydrogens is 443 g/mol. The van der Waals surface area contributed by atoms with Crippen LogP contribution in [-0.2, 0) is 0 Å². The van der Waals surface area contributed by atoms with Crippen molar-refractivity contribution >= 4 is 51.4 Å². The molecule has 2 aromatic heterocycles. The maximum absolute atomic E-state index is 12.6. The van der Waals surface area contributed by atoms with Gasteiger partial charge in [-0.15, -0.1) is 16.4 Å². The van der Waals surface area contributed by atoms with Gasteiger partial charge in [-0.05, 0) is 48.4 Å². The quantitative estimate of drug-likeness (QED) is 0.380. The number of hydrogen-bond acceptors (Lipinski definition) is 5. The molecule has 1 N–H and O–H groups in total. The maximum Gasteiger partial charge on any atom is 0.258 e. The Hall–Kier alpha value is -2.61. The summed E-state index contributed by atoms with van der Waals surface area (Å²) in [5.41, 5.74) is 1.99. The van der Waals surface area contributed by atoms with E-state index in [0.29, 0.717) is 33.1 Å². The minimum Gasteiger partial charge on any atom is -0.493 e. The van der Waals surface area contributed by atoms with E-state index in [1.54, 1.807) is 47.0 Å². The van der Waals surface area contributed by atoms with Gasteiger partial charge in [0.1, 0.15) is 5.75 Å². The highest BCUT2D eigenvalue weighted by Crippen LogP contribution is 2.33. The fourth-order valence-corrected chi connectivity index (χ4v) is 3.96. The molecule has 0 aliphatic carbocycles. The Balaban J connectivity index is 1.52. The zero-order valence-electron chi connectivity index (χ0n) is 16.2. The van der Waals surface area contributed by atoms with Crippen LogP contribution in [0.1, 0.15) is 24.2 Å². The number of fused-ring (bicyclic) bond motifs is 1. The van der Waals surface area contributed by atoms with Gasteiger partial charge in [0.15, 0.2) is 0 Å². The maximum atomic E-state index is 12.6. The van der Waals surface area contributed by atoms with Crippen molar-refractivity contribution in [2.45, 2.75) is 13.8 Å². The van der Waals surface area contributed by atoms with Crippen molar-refractivity contribution in [3.63, 3.8) is 0 Å². The molecule has 9 heteroatoms. The van der Waals surface area contributed by atoms with Gasteiger partial charge in [-0.25, -0.2) is 4.52 Å². The summed E-state index contributed by atoms with van der Waals surface area (Å²) in [4.78, 5) is 17.6. The van der Waals surface area contributed by atoms with Crippen LogP contribution in [0, 0.1) is 5.92 Å². The average Bonchev–Trinajstić information content (AvgIpc) is 3.29. The van der Waals surface area contributed by atoms with Crippen LogP contribution >= 0.6 is 34.5 Å². The molecule has 4 rings (SSSR count). The van der Waals surface area contributed by atoms with Crippen LogP contribution in [0.4, 0.5) is 5.95 Å². The number of aromatic nitrogens is 3. The van der Waals surface area contributed by atoms with Gasteiger partial charge < -0.3 is 4.74 Å². The summed E-state index contributed by atoms with van der Waals surface area (Å²) in [7, 11) is 0. The largest absolute Gasteiger partial charge is 0.493 e. The predicted molar refractivity (Wildman–Crippen MR) is 121 cm³/mol. The lowest BCUT2D eigenvalue weighted by Gasteiger charge is -2.09. The van der Waals surface area contributed by atoms with Gasteiger partial charge >= 0.3 is 0 Å². The number of nitrogens with zero attached hydrogens (tertiary/aromatic N) is 3. The Morgan fingerprint density at radius 3 is 2.70 bits per heavy atom. The Morgan fingerprint density at radius 1 is 1.20 bits per heavy atom. The van der Waals surface area contributed by atoms with Crippen molar-refractivity contribution in [1.29, 1.82) is 0 Å². The molecule has 2 heterocycles. The van der Waals surface area contributed by atoms with E-state index >= 15 is 0 Å². The molecule has 0 atom stereocenters. The van der Waals surface area contributed by atoms with Gasteiger partial charge in [-0.3, -0.25) is 10.1 Å². The third-order valence-corrected chi connectivity index (χ3v) is 5.59. The number of rotatable bonds is 6. The standard InChI is InChI=1S/C21H18Cl2N4O2S/c1-12(2)10-29-15-6-3-13(4-7-15)19(28)24-20-25-21-27(26-20)18(11-30-21)16-9-14(22)5-8-17(16)23/h3-9,11-12H,10H2,1-2H3,(H,24,26,28). The van der Waals surface area contributed by atoms with E-state index in [1.165, 1.54) is 11.3 Å². The number of carbonyl (C=O) groups excluding carboxylic acids is 1. The summed E-state index contributed by atoms with van der Waals surface area (Å²) < 4.78 is 7.28. The Kier molecular flexibility index (Phi) is 5.94. The van der Waals surface area contributed by atoms with E-state index in [2.05, 4.69) is 29.2 Å². The van der Waals surface area contributed by atoms with E-state index < -0.39 is 0 Å². The molecule has 0 aliphatic heterocycles. The van der Waals surface area contributed by atoms with Crippen LogP contribution in [0.3, 0.4) is 0 Å². The minimum absolute atomic E-state index is 0.214. The summed E-state index contributed by atoms with van der Waals surface area (Å²) in [5, 5.41) is 10.2. The highest BCUT2D eigenvalue weighted by molar-refractivity contribution is 7.15. The number of thiazole rings is 1. The summed E-state index contributed by atoms with van der Waals surface area (Å²) in [5.74, 6) is 1.07. The monoisotopic (exact) mass is 460 g/mol. The molecule has 2 aromatic carbocycles. The van der Waals surface area contributed by atoms with Gasteiger partial charge in [-0.2, -0.15) is 4.98 Å². The zero-order valence-corrected chi connectivity index (χ0v) is 18.6. The molecule has 30 heavy (non-hydrogen) atoms. The topological polar surface area (TPSA) is 68.5 Å². The van der Waals surface area contributed by atoms with E-state index in [4.69, 9.17) is 27.9 Å². The highest BCUT2D eigenvalue weighted by atomic mass is 35.5. The third kappa shape index (κ3) is 4.43. The van der Waals surface area contributed by atoms with Crippen LogP contribution in [0.25, 0.3) is 16.2 Å². The van der Waals surface area contributed by atoms with E-state index in [-0.39, 0.29) is 11.9 Å². The number of hydrogen-bond donors (Lipinski definition) is 1. The molecule has 4 aromatic rings. The number of ether oxygens (including phenoxy) is 1. The van der Waals surface area contributed by atoms with Crippen molar-refractivity contribution in [2.24, 2.45) is 5.92 Å². The molecule has 0 aliphatic rings. The number of nitrogens with one attached hydrogen (secondary N) is 1. The number of halogens is 2. The van der Waals surface area contributed by atoms with Crippen molar-refractivity contribution in [3.8, 4) is 17.0 Å². The first-order valence-electron chi connectivity index (χ1n) is 9.24. The van der Waals surface area contributed by atoms with Crippen LogP contribution in [0.5, 0.6) is 5.75 Å². The normalized spacial score (nSPS) is 11.2. The first kappa shape index (κ1) is 20.7. The summed E-state index contributed by atoms with van der Waals surface area (Å²) >= 11 is 13.8. The van der Waals surface area contributed by atoms with Crippen LogP contribution in [0.2, 0.25) is 10.0 Å². The number of anilines is 1. The highest BCUT2D eigenvalue weighted by Gasteiger charge is 2.16. The smallest absolute Gasteiger partial charge is 0.258 e. The van der Waals surface area contributed by atoms with Gasteiger partial charge in [0.25, 0.3) is 11.9 Å². The second-order valence-corrected chi connectivity index (χ2v) is 8.74. The fourth-order valence-electron chi connectivity index (χ4n) is 2.75. The Labute approximate surface area is 187 Å². The molecule has 1 amide bonds. The summed E-state index contributed by atoms with van der Waals surface area (Å²) in [6.45, 7) is 4.78. The predicted octanol–water partition coefficient (Wildman–Crippen LogP) is 6.05. The van der Waals surface area contributed by atoms with Crippen LogP contribution in [-0.4, -0.2) is 27.1 Å². The molecule has 0 bridgehead atoms. The molecule has 154 valence electrons. The molecule has 0 radical (unpaired) electrons. The van der Waals surface area contributed by atoms with E-state index in [1.807, 2.05) is 5.38 Å². The third-order valence-electron chi connectivity index (χ3n) is 4.21. The first-order valence-corrected chi connectivity index (χ1v) is 10.9. The van der Waals surface area contributed by atoms with E-state index in [9.17, 15) is 4.79 Å². The first-order chi connectivity index (χ1) is 14.4. The number of amides is 1. The fraction of sp³-hybridized carbons (Fsp3) is 0.190. The Bertz CT molecular complexity index is 1200. The summed E-state index contributed by atoms with van der Waals surface area (Å²) in [6.07, 6.45) is 0. The number of benzene rings is 2. The molecule has 0 unspecified atom stereocenters. The molecule has 0 spiro atoms. The zero-order chi connectivity index (χ0) is 21.3. The molecule has 0 fully saturated rings. The minimum atomic E-state index is -0.300. The number of carbonyl (C=O) groups is 1. The van der Waals surface area contributed by atoms with E-state index in [0.717, 1.165) is 17.0 Å². The second-order valence-electron chi connectivity index (χ2n) is 7.06. The molecule has 0 saturated carbocycles. The average molecular weight is 461 g/mol.